The fraction of sp³-hybridized carbons (Fsp3) is 0.333. The summed E-state index contributed by atoms with van der Waals surface area (Å²) in [7, 11) is 0. The van der Waals surface area contributed by atoms with Crippen LogP contribution < -0.4 is 0 Å². The molecule has 0 heterocycles. The molecule has 0 fully saturated rings. The molecule has 0 radical (unpaired) electrons. The predicted molar refractivity (Wildman–Crippen MR) is 69.5 cm³/mol. The molecular weight excluding hydrogens is 180 g/mol. The van der Waals surface area contributed by atoms with Crippen LogP contribution in [0.25, 0.3) is 10.8 Å². The lowest BCUT2D eigenvalue weighted by atomic mass is 9.95. The molecule has 0 saturated carbocycles. The van der Waals surface area contributed by atoms with E-state index in [0.29, 0.717) is 5.92 Å². The van der Waals surface area contributed by atoms with E-state index in [-0.39, 0.29) is 7.43 Å². The molecule has 0 unspecified atom stereocenters. The van der Waals surface area contributed by atoms with E-state index in [4.69, 9.17) is 0 Å². The van der Waals surface area contributed by atoms with Crippen LogP contribution >= 0.6 is 0 Å². The third-order valence-electron chi connectivity index (χ3n) is 2.69. The van der Waals surface area contributed by atoms with E-state index >= 15 is 0 Å². The lowest BCUT2D eigenvalue weighted by Gasteiger charge is -2.10. The van der Waals surface area contributed by atoms with Gasteiger partial charge in [-0.25, -0.2) is 0 Å². The molecule has 0 saturated heterocycles. The maximum Gasteiger partial charge on any atom is -0.0147 e. The minimum Gasteiger partial charge on any atom is -0.0776 e. The van der Waals surface area contributed by atoms with Gasteiger partial charge < -0.3 is 0 Å². The first-order valence-corrected chi connectivity index (χ1v) is 5.18. The van der Waals surface area contributed by atoms with E-state index in [9.17, 15) is 0 Å². The van der Waals surface area contributed by atoms with E-state index in [1.54, 1.807) is 0 Å². The van der Waals surface area contributed by atoms with Gasteiger partial charge in [0, 0.05) is 0 Å². The maximum atomic E-state index is 2.28. The predicted octanol–water partition coefficient (Wildman–Crippen LogP) is 4.91. The molecule has 0 aliphatic rings. The molecule has 2 rings (SSSR count). The average molecular weight is 200 g/mol. The van der Waals surface area contributed by atoms with Crippen molar-refractivity contribution in [1.29, 1.82) is 0 Å². The Bertz CT molecular complexity index is 453. The molecule has 0 heteroatoms. The van der Waals surface area contributed by atoms with Gasteiger partial charge in [-0.15, -0.1) is 0 Å². The molecule has 0 amide bonds. The van der Waals surface area contributed by atoms with Crippen molar-refractivity contribution in [1.82, 2.24) is 0 Å². The fourth-order valence-corrected chi connectivity index (χ4v) is 1.91. The summed E-state index contributed by atoms with van der Waals surface area (Å²) in [6, 6.07) is 13.2. The van der Waals surface area contributed by atoms with Gasteiger partial charge in [-0.2, -0.15) is 0 Å². The van der Waals surface area contributed by atoms with E-state index in [2.05, 4.69) is 57.2 Å². The monoisotopic (exact) mass is 200 g/mol. The van der Waals surface area contributed by atoms with Crippen molar-refractivity contribution in [2.45, 2.75) is 34.1 Å². The van der Waals surface area contributed by atoms with Crippen molar-refractivity contribution in [2.24, 2.45) is 0 Å². The van der Waals surface area contributed by atoms with Gasteiger partial charge in [-0.3, -0.25) is 0 Å². The topological polar surface area (TPSA) is 0 Å². The van der Waals surface area contributed by atoms with Crippen molar-refractivity contribution in [3.05, 3.63) is 47.5 Å². The van der Waals surface area contributed by atoms with E-state index < -0.39 is 0 Å². The third-order valence-corrected chi connectivity index (χ3v) is 2.69. The van der Waals surface area contributed by atoms with Crippen LogP contribution in [0.15, 0.2) is 36.4 Å². The second kappa shape index (κ2) is 4.48. The molecule has 0 spiro atoms. The fourth-order valence-electron chi connectivity index (χ4n) is 1.91. The third kappa shape index (κ3) is 2.20. The van der Waals surface area contributed by atoms with Gasteiger partial charge in [0.15, 0.2) is 0 Å². The molecule has 0 aliphatic carbocycles. The highest BCUT2D eigenvalue weighted by molar-refractivity contribution is 5.86. The number of rotatable bonds is 1. The van der Waals surface area contributed by atoms with Crippen molar-refractivity contribution >= 4 is 10.8 Å². The quantitative estimate of drug-likeness (QED) is 0.613. The molecule has 0 aromatic heterocycles. The van der Waals surface area contributed by atoms with Gasteiger partial charge >= 0.3 is 0 Å². The van der Waals surface area contributed by atoms with Gasteiger partial charge in [0.1, 0.15) is 0 Å². The number of aryl methyl sites for hydroxylation is 1. The molecule has 2 aromatic carbocycles. The minimum atomic E-state index is 0. The van der Waals surface area contributed by atoms with Gasteiger partial charge in [0.25, 0.3) is 0 Å². The lowest BCUT2D eigenvalue weighted by molar-refractivity contribution is 0.876. The molecule has 2 aromatic rings. The minimum absolute atomic E-state index is 0. The van der Waals surface area contributed by atoms with Crippen LogP contribution in [0.2, 0.25) is 0 Å². The number of fused-ring (bicyclic) bond motifs is 1. The van der Waals surface area contributed by atoms with Crippen LogP contribution in [0, 0.1) is 6.92 Å². The number of benzene rings is 2. The average Bonchev–Trinajstić information content (AvgIpc) is 2.16. The summed E-state index contributed by atoms with van der Waals surface area (Å²) in [5.74, 6) is 0.598. The first-order valence-electron chi connectivity index (χ1n) is 5.18. The SMILES string of the molecule is C.Cc1ccc2cccc(C(C)C)c2c1. The summed E-state index contributed by atoms with van der Waals surface area (Å²) in [5, 5.41) is 2.75. The number of hydrogen-bond donors (Lipinski definition) is 0. The van der Waals surface area contributed by atoms with Crippen LogP contribution in [0.1, 0.15) is 38.3 Å². The molecule has 0 atom stereocenters. The molecule has 0 aliphatic heterocycles. The van der Waals surface area contributed by atoms with Crippen molar-refractivity contribution < 1.29 is 0 Å². The highest BCUT2D eigenvalue weighted by Crippen LogP contribution is 2.25. The van der Waals surface area contributed by atoms with Gasteiger partial charge in [-0.1, -0.05) is 63.2 Å². The highest BCUT2D eigenvalue weighted by atomic mass is 14.1. The van der Waals surface area contributed by atoms with Gasteiger partial charge in [0.2, 0.25) is 0 Å². The van der Waals surface area contributed by atoms with E-state index in [0.717, 1.165) is 0 Å². The van der Waals surface area contributed by atoms with Crippen LogP contribution in [-0.2, 0) is 0 Å². The lowest BCUT2D eigenvalue weighted by Crippen LogP contribution is -1.89. The van der Waals surface area contributed by atoms with Crippen molar-refractivity contribution in [2.75, 3.05) is 0 Å². The maximum absolute atomic E-state index is 2.28. The summed E-state index contributed by atoms with van der Waals surface area (Å²) >= 11 is 0. The summed E-state index contributed by atoms with van der Waals surface area (Å²) in [6.45, 7) is 6.64. The van der Waals surface area contributed by atoms with Crippen LogP contribution in [0.4, 0.5) is 0 Å². The van der Waals surface area contributed by atoms with Gasteiger partial charge in [0.05, 0.1) is 0 Å². The Labute approximate surface area is 92.9 Å². The molecule has 0 N–H and O–H groups in total. The van der Waals surface area contributed by atoms with Crippen LogP contribution in [0.3, 0.4) is 0 Å². The Kier molecular flexibility index (Phi) is 3.52. The second-order valence-corrected chi connectivity index (χ2v) is 4.23. The highest BCUT2D eigenvalue weighted by Gasteiger charge is 2.03. The van der Waals surface area contributed by atoms with Crippen molar-refractivity contribution in [3.63, 3.8) is 0 Å². The number of hydrogen-bond acceptors (Lipinski definition) is 0. The largest absolute Gasteiger partial charge is 0.0776 e. The van der Waals surface area contributed by atoms with Crippen LogP contribution in [-0.4, -0.2) is 0 Å². The Morgan fingerprint density at radius 1 is 1.00 bits per heavy atom. The summed E-state index contributed by atoms with van der Waals surface area (Å²) in [5.41, 5.74) is 2.79. The summed E-state index contributed by atoms with van der Waals surface area (Å²) in [4.78, 5) is 0. The molecule has 15 heavy (non-hydrogen) atoms. The van der Waals surface area contributed by atoms with E-state index in [1.807, 2.05) is 0 Å². The van der Waals surface area contributed by atoms with Crippen LogP contribution in [0.5, 0.6) is 0 Å². The molecular formula is C15H20. The standard InChI is InChI=1S/C14H16.CH4/c1-10(2)13-6-4-5-12-8-7-11(3)9-14(12)13;/h4-10H,1-3H3;1H4. The molecule has 80 valence electrons. The Morgan fingerprint density at radius 2 is 1.73 bits per heavy atom. The molecule has 0 bridgehead atoms. The Hall–Kier alpha value is -1.30. The first kappa shape index (κ1) is 11.8. The Balaban J connectivity index is 0.00000112. The summed E-state index contributed by atoms with van der Waals surface area (Å²) in [6.07, 6.45) is 0. The first-order chi connectivity index (χ1) is 6.68. The van der Waals surface area contributed by atoms with Gasteiger partial charge in [-0.05, 0) is 29.2 Å². The van der Waals surface area contributed by atoms with E-state index in [1.165, 1.54) is 21.9 Å². The summed E-state index contributed by atoms with van der Waals surface area (Å²) < 4.78 is 0. The zero-order chi connectivity index (χ0) is 10.1. The second-order valence-electron chi connectivity index (χ2n) is 4.23. The smallest absolute Gasteiger partial charge is 0.0147 e. The normalized spacial score (nSPS) is 10.4. The zero-order valence-electron chi connectivity index (χ0n) is 9.04. The Morgan fingerprint density at radius 3 is 2.40 bits per heavy atom. The molecule has 0 nitrogen and oxygen atoms in total. The zero-order valence-corrected chi connectivity index (χ0v) is 9.04. The van der Waals surface area contributed by atoms with Crippen molar-refractivity contribution in [3.8, 4) is 0 Å².